The van der Waals surface area contributed by atoms with Crippen molar-refractivity contribution >= 4 is 29.3 Å². The summed E-state index contributed by atoms with van der Waals surface area (Å²) in [6.45, 7) is 0. The number of halogens is 1. The summed E-state index contributed by atoms with van der Waals surface area (Å²) in [5.74, 6) is 0.921. The summed E-state index contributed by atoms with van der Waals surface area (Å²) in [6.07, 6.45) is 3.64. The van der Waals surface area contributed by atoms with E-state index in [0.717, 1.165) is 11.1 Å². The summed E-state index contributed by atoms with van der Waals surface area (Å²) in [7, 11) is 3.13. The van der Waals surface area contributed by atoms with Gasteiger partial charge in [-0.2, -0.15) is 5.10 Å². The molecule has 0 spiro atoms. The van der Waals surface area contributed by atoms with Crippen LogP contribution in [0.5, 0.6) is 17.2 Å². The Morgan fingerprint density at radius 3 is 2.55 bits per heavy atom. The minimum absolute atomic E-state index is 0.0540. The summed E-state index contributed by atoms with van der Waals surface area (Å²) in [5, 5.41) is 16.9. The van der Waals surface area contributed by atoms with Crippen molar-refractivity contribution in [3.63, 3.8) is 0 Å². The van der Waals surface area contributed by atoms with Crippen molar-refractivity contribution in [1.82, 2.24) is 5.01 Å². The van der Waals surface area contributed by atoms with Crippen molar-refractivity contribution in [3.8, 4) is 17.2 Å². The summed E-state index contributed by atoms with van der Waals surface area (Å²) >= 11 is 6.15. The molecule has 7 heteroatoms. The molecule has 6 nitrogen and oxygen atoms in total. The van der Waals surface area contributed by atoms with Crippen LogP contribution in [0.2, 0.25) is 5.02 Å². The molecule has 0 aliphatic carbocycles. The first-order valence-corrected chi connectivity index (χ1v) is 10.7. The number of hydrogen-bond acceptors (Lipinski definition) is 5. The number of phenolic OH excluding ortho intramolecular Hbond substituents is 1. The number of carbonyl (C=O) groups is 1. The van der Waals surface area contributed by atoms with Gasteiger partial charge >= 0.3 is 0 Å². The first kappa shape index (κ1) is 22.4. The molecular formula is C26H23ClN2O4. The predicted molar refractivity (Wildman–Crippen MR) is 129 cm³/mol. The maximum atomic E-state index is 13.2. The van der Waals surface area contributed by atoms with E-state index >= 15 is 0 Å². The fraction of sp³-hybridized carbons (Fsp3) is 0.154. The number of hydrogen-bond donors (Lipinski definition) is 1. The number of aromatic hydroxyl groups is 1. The van der Waals surface area contributed by atoms with Crippen LogP contribution in [0, 0.1) is 0 Å². The molecule has 1 amide bonds. The lowest BCUT2D eigenvalue weighted by Gasteiger charge is -2.21. The summed E-state index contributed by atoms with van der Waals surface area (Å²) < 4.78 is 10.8. The smallest absolute Gasteiger partial charge is 0.267 e. The Kier molecular flexibility index (Phi) is 6.66. The Morgan fingerprint density at radius 1 is 1.06 bits per heavy atom. The van der Waals surface area contributed by atoms with Crippen LogP contribution in [0.15, 0.2) is 77.9 Å². The second-order valence-electron chi connectivity index (χ2n) is 7.47. The van der Waals surface area contributed by atoms with Gasteiger partial charge in [0.1, 0.15) is 5.75 Å². The maximum Gasteiger partial charge on any atom is 0.267 e. The molecule has 3 aromatic carbocycles. The van der Waals surface area contributed by atoms with Gasteiger partial charge in [0.2, 0.25) is 0 Å². The predicted octanol–water partition coefficient (Wildman–Crippen LogP) is 5.45. The van der Waals surface area contributed by atoms with Crippen LogP contribution in [0.1, 0.15) is 29.2 Å². The third kappa shape index (κ3) is 4.86. The van der Waals surface area contributed by atoms with Crippen LogP contribution in [-0.2, 0) is 4.79 Å². The number of amides is 1. The zero-order valence-corrected chi connectivity index (χ0v) is 19.0. The maximum absolute atomic E-state index is 13.2. The van der Waals surface area contributed by atoms with Crippen molar-refractivity contribution in [2.75, 3.05) is 14.2 Å². The topological polar surface area (TPSA) is 71.4 Å². The molecule has 1 N–H and O–H groups in total. The number of ether oxygens (including phenoxy) is 2. The molecule has 0 radical (unpaired) electrons. The second kappa shape index (κ2) is 9.79. The van der Waals surface area contributed by atoms with E-state index in [-0.39, 0.29) is 11.7 Å². The molecule has 1 aliphatic rings. The molecule has 33 heavy (non-hydrogen) atoms. The largest absolute Gasteiger partial charge is 0.507 e. The molecule has 0 saturated carbocycles. The monoisotopic (exact) mass is 462 g/mol. The summed E-state index contributed by atoms with van der Waals surface area (Å²) in [5.41, 5.74) is 2.80. The van der Waals surface area contributed by atoms with Gasteiger partial charge in [-0.25, -0.2) is 5.01 Å². The highest BCUT2D eigenvalue weighted by Gasteiger charge is 2.33. The first-order chi connectivity index (χ1) is 16.0. The lowest BCUT2D eigenvalue weighted by atomic mass is 9.97. The minimum Gasteiger partial charge on any atom is -0.507 e. The number of hydrazone groups is 1. The molecule has 0 fully saturated rings. The molecule has 0 aromatic heterocycles. The van der Waals surface area contributed by atoms with Gasteiger partial charge in [0, 0.05) is 23.1 Å². The fourth-order valence-electron chi connectivity index (χ4n) is 3.74. The number of rotatable bonds is 6. The van der Waals surface area contributed by atoms with E-state index in [0.29, 0.717) is 34.2 Å². The molecule has 3 aromatic rings. The average molecular weight is 463 g/mol. The first-order valence-electron chi connectivity index (χ1n) is 10.3. The zero-order valence-electron chi connectivity index (χ0n) is 18.2. The quantitative estimate of drug-likeness (QED) is 0.494. The number of benzene rings is 3. The number of methoxy groups -OCH3 is 2. The van der Waals surface area contributed by atoms with Crippen LogP contribution in [0.25, 0.3) is 6.08 Å². The Labute approximate surface area is 197 Å². The lowest BCUT2D eigenvalue weighted by molar-refractivity contribution is -0.127. The van der Waals surface area contributed by atoms with Crippen LogP contribution < -0.4 is 9.47 Å². The third-order valence-electron chi connectivity index (χ3n) is 5.42. The minimum atomic E-state index is -0.397. The zero-order chi connectivity index (χ0) is 23.4. The highest BCUT2D eigenvalue weighted by molar-refractivity contribution is 6.31. The number of nitrogens with zero attached hydrogens (tertiary/aromatic N) is 2. The van der Waals surface area contributed by atoms with Gasteiger partial charge < -0.3 is 14.6 Å². The van der Waals surface area contributed by atoms with Crippen molar-refractivity contribution in [2.45, 2.75) is 12.5 Å². The standard InChI is InChI=1S/C26H23ClN2O4/c1-32-24-12-9-18(14-25(24)33-2)22-16-21(20-15-19(27)10-11-23(20)30)28-29(22)26(31)13-8-17-6-4-3-5-7-17/h3-15,22,30H,16H2,1-2H3/b13-8+/t22-/m1/s1. The normalized spacial score (nSPS) is 15.5. The van der Waals surface area contributed by atoms with Gasteiger partial charge in [-0.15, -0.1) is 0 Å². The Morgan fingerprint density at radius 2 is 1.82 bits per heavy atom. The van der Waals surface area contributed by atoms with Gasteiger partial charge in [-0.1, -0.05) is 48.0 Å². The third-order valence-corrected chi connectivity index (χ3v) is 5.65. The molecular weight excluding hydrogens is 440 g/mol. The Bertz CT molecular complexity index is 1220. The van der Waals surface area contributed by atoms with E-state index in [1.807, 2.05) is 42.5 Å². The number of phenols is 1. The van der Waals surface area contributed by atoms with E-state index in [1.165, 1.54) is 17.2 Å². The van der Waals surface area contributed by atoms with Crippen molar-refractivity contribution < 1.29 is 19.4 Å². The molecule has 1 aliphatic heterocycles. The van der Waals surface area contributed by atoms with E-state index in [4.69, 9.17) is 21.1 Å². The van der Waals surface area contributed by atoms with Crippen LogP contribution in [-0.4, -0.2) is 36.0 Å². The van der Waals surface area contributed by atoms with Gasteiger partial charge in [0.15, 0.2) is 11.5 Å². The molecule has 1 atom stereocenters. The fourth-order valence-corrected chi connectivity index (χ4v) is 3.92. The van der Waals surface area contributed by atoms with E-state index < -0.39 is 6.04 Å². The van der Waals surface area contributed by atoms with E-state index in [1.54, 1.807) is 38.5 Å². The van der Waals surface area contributed by atoms with Crippen LogP contribution >= 0.6 is 11.6 Å². The molecule has 168 valence electrons. The summed E-state index contributed by atoms with van der Waals surface area (Å²) in [6, 6.07) is 19.4. The van der Waals surface area contributed by atoms with Gasteiger partial charge in [-0.3, -0.25) is 4.79 Å². The number of carbonyl (C=O) groups excluding carboxylic acids is 1. The van der Waals surface area contributed by atoms with Gasteiger partial charge in [-0.05, 0) is 47.5 Å². The van der Waals surface area contributed by atoms with Crippen LogP contribution in [0.3, 0.4) is 0 Å². The van der Waals surface area contributed by atoms with E-state index in [9.17, 15) is 9.90 Å². The average Bonchev–Trinajstić information content (AvgIpc) is 3.29. The van der Waals surface area contributed by atoms with Gasteiger partial charge in [0.25, 0.3) is 5.91 Å². The Hall–Kier alpha value is -3.77. The van der Waals surface area contributed by atoms with Crippen molar-refractivity contribution in [2.24, 2.45) is 5.10 Å². The second-order valence-corrected chi connectivity index (χ2v) is 7.91. The van der Waals surface area contributed by atoms with Crippen molar-refractivity contribution in [3.05, 3.63) is 94.5 Å². The SMILES string of the molecule is COc1ccc([C@H]2CC(c3cc(Cl)ccc3O)=NN2C(=O)/C=C/c2ccccc2)cc1OC. The van der Waals surface area contributed by atoms with Crippen molar-refractivity contribution in [1.29, 1.82) is 0 Å². The lowest BCUT2D eigenvalue weighted by Crippen LogP contribution is -2.25. The molecule has 0 saturated heterocycles. The molecule has 0 unspecified atom stereocenters. The van der Waals surface area contributed by atoms with Gasteiger partial charge in [0.05, 0.1) is 26.0 Å². The molecule has 4 rings (SSSR count). The highest BCUT2D eigenvalue weighted by Crippen LogP contribution is 2.39. The van der Waals surface area contributed by atoms with E-state index in [2.05, 4.69) is 5.10 Å². The van der Waals surface area contributed by atoms with Crippen LogP contribution in [0.4, 0.5) is 0 Å². The summed E-state index contributed by atoms with van der Waals surface area (Å²) in [4.78, 5) is 13.2. The molecule has 0 bridgehead atoms. The Balaban J connectivity index is 1.72. The highest BCUT2D eigenvalue weighted by atomic mass is 35.5. The molecule has 1 heterocycles.